The van der Waals surface area contributed by atoms with E-state index in [1.165, 1.54) is 5.56 Å². The highest BCUT2D eigenvalue weighted by Crippen LogP contribution is 2.28. The van der Waals surface area contributed by atoms with Gasteiger partial charge in [0.1, 0.15) is 27.4 Å². The highest BCUT2D eigenvalue weighted by Gasteiger charge is 2.10. The Hall–Kier alpha value is -1.66. The van der Waals surface area contributed by atoms with Crippen molar-refractivity contribution in [3.8, 4) is 5.75 Å². The van der Waals surface area contributed by atoms with E-state index in [4.69, 9.17) is 4.74 Å². The number of rotatable bonds is 4. The van der Waals surface area contributed by atoms with E-state index in [0.717, 1.165) is 32.6 Å². The van der Waals surface area contributed by atoms with Crippen molar-refractivity contribution in [2.45, 2.75) is 11.4 Å². The maximum atomic E-state index is 5.25. The summed E-state index contributed by atoms with van der Waals surface area (Å²) in [5.41, 5.74) is 2.09. The van der Waals surface area contributed by atoms with Gasteiger partial charge >= 0.3 is 0 Å². The molecule has 3 aromatic rings. The Morgan fingerprint density at radius 1 is 1.30 bits per heavy atom. The lowest BCUT2D eigenvalue weighted by atomic mass is 10.1. The van der Waals surface area contributed by atoms with Gasteiger partial charge in [0.25, 0.3) is 0 Å². The fraction of sp³-hybridized carbons (Fsp3) is 0.214. The minimum Gasteiger partial charge on any atom is -0.497 e. The van der Waals surface area contributed by atoms with E-state index in [-0.39, 0.29) is 0 Å². The summed E-state index contributed by atoms with van der Waals surface area (Å²) in [6.45, 7) is 0. The molecule has 0 radical (unpaired) electrons. The Morgan fingerprint density at radius 2 is 2.20 bits per heavy atom. The van der Waals surface area contributed by atoms with Crippen molar-refractivity contribution in [3.05, 3.63) is 41.2 Å². The lowest BCUT2D eigenvalue weighted by molar-refractivity contribution is 0.414. The second kappa shape index (κ2) is 5.76. The molecular formula is C14H13N3OS2. The molecule has 0 saturated carbocycles. The van der Waals surface area contributed by atoms with Gasteiger partial charge < -0.3 is 4.74 Å². The maximum Gasteiger partial charge on any atom is 0.148 e. The van der Waals surface area contributed by atoms with Gasteiger partial charge in [0.2, 0.25) is 0 Å². The molecule has 4 nitrogen and oxygen atoms in total. The summed E-state index contributed by atoms with van der Waals surface area (Å²) < 4.78 is 5.25. The number of fused-ring (bicyclic) bond motifs is 1. The molecule has 0 amide bonds. The molecule has 0 bridgehead atoms. The van der Waals surface area contributed by atoms with Gasteiger partial charge in [0.15, 0.2) is 0 Å². The molecule has 0 atom stereocenters. The second-order valence-electron chi connectivity index (χ2n) is 4.17. The zero-order chi connectivity index (χ0) is 13.9. The van der Waals surface area contributed by atoms with Crippen LogP contribution in [-0.4, -0.2) is 28.3 Å². The van der Waals surface area contributed by atoms with Crippen LogP contribution < -0.4 is 4.74 Å². The molecular weight excluding hydrogens is 290 g/mol. The second-order valence-corrected chi connectivity index (χ2v) is 6.03. The largest absolute Gasteiger partial charge is 0.497 e. The smallest absolute Gasteiger partial charge is 0.148 e. The molecule has 20 heavy (non-hydrogen) atoms. The minimum absolute atomic E-state index is 0.784. The van der Waals surface area contributed by atoms with Crippen molar-refractivity contribution in [3.63, 3.8) is 0 Å². The molecule has 0 fully saturated rings. The van der Waals surface area contributed by atoms with Crippen LogP contribution in [-0.2, 0) is 6.42 Å². The lowest BCUT2D eigenvalue weighted by Gasteiger charge is -2.02. The molecule has 6 heteroatoms. The summed E-state index contributed by atoms with van der Waals surface area (Å²) in [6, 6.07) is 8.05. The van der Waals surface area contributed by atoms with E-state index in [1.807, 2.05) is 24.5 Å². The van der Waals surface area contributed by atoms with Gasteiger partial charge in [-0.05, 0) is 24.0 Å². The molecule has 3 rings (SSSR count). The van der Waals surface area contributed by atoms with Gasteiger partial charge in [-0.2, -0.15) is 0 Å². The first kappa shape index (κ1) is 13.3. The molecule has 2 aromatic heterocycles. The molecule has 1 aromatic carbocycles. The van der Waals surface area contributed by atoms with E-state index in [2.05, 4.69) is 21.0 Å². The maximum absolute atomic E-state index is 5.25. The number of thiazole rings is 1. The fourth-order valence-electron chi connectivity index (χ4n) is 1.96. The van der Waals surface area contributed by atoms with Crippen molar-refractivity contribution in [2.75, 3.05) is 13.4 Å². The Bertz CT molecular complexity index is 742. The predicted octanol–water partition coefficient (Wildman–Crippen LogP) is 3.41. The summed E-state index contributed by atoms with van der Waals surface area (Å²) in [5.74, 6) is 0.869. The fourth-order valence-corrected chi connectivity index (χ4v) is 3.45. The van der Waals surface area contributed by atoms with Gasteiger partial charge in [-0.15, -0.1) is 11.8 Å². The Balaban J connectivity index is 1.94. The van der Waals surface area contributed by atoms with Crippen LogP contribution in [0.2, 0.25) is 0 Å². The predicted molar refractivity (Wildman–Crippen MR) is 82.8 cm³/mol. The third-order valence-electron chi connectivity index (χ3n) is 2.89. The Kier molecular flexibility index (Phi) is 3.84. The third-order valence-corrected chi connectivity index (χ3v) is 4.54. The average Bonchev–Trinajstić information content (AvgIpc) is 2.89. The molecule has 0 unspecified atom stereocenters. The van der Waals surface area contributed by atoms with Crippen LogP contribution in [0.1, 0.15) is 10.6 Å². The first-order valence-electron chi connectivity index (χ1n) is 6.07. The van der Waals surface area contributed by atoms with E-state index in [9.17, 15) is 0 Å². The topological polar surface area (TPSA) is 47.9 Å². The standard InChI is InChI=1S/C14H13N3OS2/c1-18-10-5-3-4-9(6-10)7-11-17-12-13(19-2)15-8-16-14(12)20-11/h3-6,8H,7H2,1-2H3. The average molecular weight is 303 g/mol. The molecule has 0 aliphatic carbocycles. The summed E-state index contributed by atoms with van der Waals surface area (Å²) in [5, 5.41) is 1.98. The third kappa shape index (κ3) is 2.62. The Morgan fingerprint density at radius 3 is 3.00 bits per heavy atom. The molecule has 0 saturated heterocycles. The summed E-state index contributed by atoms with van der Waals surface area (Å²) in [4.78, 5) is 14.2. The van der Waals surface area contributed by atoms with Crippen molar-refractivity contribution >= 4 is 33.4 Å². The highest BCUT2D eigenvalue weighted by molar-refractivity contribution is 7.98. The van der Waals surface area contributed by atoms with E-state index in [1.54, 1.807) is 36.5 Å². The SMILES string of the molecule is COc1cccc(Cc2nc3c(SC)ncnc3s2)c1. The van der Waals surface area contributed by atoms with Crippen LogP contribution >= 0.6 is 23.1 Å². The number of nitrogens with zero attached hydrogens (tertiary/aromatic N) is 3. The normalized spacial score (nSPS) is 10.9. The zero-order valence-corrected chi connectivity index (χ0v) is 12.8. The van der Waals surface area contributed by atoms with Crippen LogP contribution in [0.4, 0.5) is 0 Å². The Labute approximate surface area is 125 Å². The first-order chi connectivity index (χ1) is 9.80. The van der Waals surface area contributed by atoms with Crippen molar-refractivity contribution in [2.24, 2.45) is 0 Å². The van der Waals surface area contributed by atoms with Gasteiger partial charge in [0.05, 0.1) is 12.1 Å². The lowest BCUT2D eigenvalue weighted by Crippen LogP contribution is -1.89. The van der Waals surface area contributed by atoms with Gasteiger partial charge in [0, 0.05) is 6.42 Å². The number of hydrogen-bond donors (Lipinski definition) is 0. The van der Waals surface area contributed by atoms with Crippen LogP contribution in [0, 0.1) is 0 Å². The summed E-state index contributed by atoms with van der Waals surface area (Å²) in [7, 11) is 1.68. The molecule has 0 aliphatic heterocycles. The van der Waals surface area contributed by atoms with Crippen LogP contribution in [0.3, 0.4) is 0 Å². The molecule has 0 spiro atoms. The molecule has 0 N–H and O–H groups in total. The van der Waals surface area contributed by atoms with Crippen LogP contribution in [0.5, 0.6) is 5.75 Å². The van der Waals surface area contributed by atoms with Gasteiger partial charge in [-0.3, -0.25) is 0 Å². The van der Waals surface area contributed by atoms with Gasteiger partial charge in [-0.1, -0.05) is 23.5 Å². The number of aromatic nitrogens is 3. The highest BCUT2D eigenvalue weighted by atomic mass is 32.2. The molecule has 2 heterocycles. The molecule has 0 aliphatic rings. The minimum atomic E-state index is 0.784. The van der Waals surface area contributed by atoms with Gasteiger partial charge in [-0.25, -0.2) is 15.0 Å². The van der Waals surface area contributed by atoms with Crippen molar-refractivity contribution in [1.82, 2.24) is 15.0 Å². The van der Waals surface area contributed by atoms with E-state index in [0.29, 0.717) is 0 Å². The number of hydrogen-bond acceptors (Lipinski definition) is 6. The summed E-state index contributed by atoms with van der Waals surface area (Å²) in [6.07, 6.45) is 4.39. The molecule has 102 valence electrons. The number of thioether (sulfide) groups is 1. The zero-order valence-electron chi connectivity index (χ0n) is 11.2. The van der Waals surface area contributed by atoms with E-state index >= 15 is 0 Å². The monoisotopic (exact) mass is 303 g/mol. The van der Waals surface area contributed by atoms with Crippen LogP contribution in [0.15, 0.2) is 35.6 Å². The number of ether oxygens (including phenoxy) is 1. The first-order valence-corrected chi connectivity index (χ1v) is 8.11. The summed E-state index contributed by atoms with van der Waals surface area (Å²) >= 11 is 3.22. The van der Waals surface area contributed by atoms with Crippen molar-refractivity contribution < 1.29 is 4.74 Å². The quantitative estimate of drug-likeness (QED) is 0.546. The van der Waals surface area contributed by atoms with Crippen molar-refractivity contribution in [1.29, 1.82) is 0 Å². The van der Waals surface area contributed by atoms with E-state index < -0.39 is 0 Å². The van der Waals surface area contributed by atoms with Crippen LogP contribution in [0.25, 0.3) is 10.3 Å². The number of benzene rings is 1. The number of methoxy groups -OCH3 is 1.